The van der Waals surface area contributed by atoms with E-state index in [0.717, 1.165) is 0 Å². The Morgan fingerprint density at radius 3 is 1.11 bits per heavy atom. The van der Waals surface area contributed by atoms with E-state index in [1.807, 2.05) is 0 Å². The Balaban J connectivity index is 0.000000253. The van der Waals surface area contributed by atoms with Gasteiger partial charge < -0.3 is 29.9 Å². The van der Waals surface area contributed by atoms with Crippen LogP contribution >= 0.6 is 0 Å². The van der Waals surface area contributed by atoms with Crippen molar-refractivity contribution in [3.63, 3.8) is 0 Å². The van der Waals surface area contributed by atoms with E-state index in [4.69, 9.17) is 20.4 Å². The first-order chi connectivity index (χ1) is 8.34. The highest BCUT2D eigenvalue weighted by Gasteiger charge is 2.41. The second-order valence-corrected chi connectivity index (χ2v) is 3.65. The predicted molar refractivity (Wildman–Crippen MR) is 58.1 cm³/mol. The molecule has 2 aliphatic heterocycles. The molecule has 0 spiro atoms. The van der Waals surface area contributed by atoms with Crippen LogP contribution in [0.25, 0.3) is 0 Å². The molecular formula is C10H18O8. The summed E-state index contributed by atoms with van der Waals surface area (Å²) in [7, 11) is 0. The first-order valence-corrected chi connectivity index (χ1v) is 5.33. The lowest BCUT2D eigenvalue weighted by atomic mass is 10.4. The van der Waals surface area contributed by atoms with Gasteiger partial charge in [-0.15, -0.1) is 0 Å². The molecule has 0 amide bonds. The van der Waals surface area contributed by atoms with E-state index >= 15 is 0 Å². The summed E-state index contributed by atoms with van der Waals surface area (Å²) in [4.78, 5) is 19.7. The fraction of sp³-hybridized carbons (Fsp3) is 0.800. The van der Waals surface area contributed by atoms with Gasteiger partial charge in [-0.3, -0.25) is 0 Å². The standard InChI is InChI=1S/2C4H6O3.C2H6O2/c2*1-2-3(7-2)4(5)6;3-1-2-4/h2*2-3H,1H3,(H,5,6);3-4H,1-2H2. The molecule has 0 bridgehead atoms. The van der Waals surface area contributed by atoms with Crippen LogP contribution in [0.1, 0.15) is 13.8 Å². The third-order valence-electron chi connectivity index (χ3n) is 2.01. The van der Waals surface area contributed by atoms with Crippen LogP contribution in [0.2, 0.25) is 0 Å². The number of carboxylic acids is 2. The van der Waals surface area contributed by atoms with Gasteiger partial charge in [-0.25, -0.2) is 9.59 Å². The van der Waals surface area contributed by atoms with Crippen molar-refractivity contribution in [3.8, 4) is 0 Å². The average molecular weight is 266 g/mol. The maximum atomic E-state index is 9.85. The zero-order valence-electron chi connectivity index (χ0n) is 10.1. The van der Waals surface area contributed by atoms with E-state index < -0.39 is 24.1 Å². The number of epoxide rings is 2. The molecule has 18 heavy (non-hydrogen) atoms. The number of aliphatic hydroxyl groups excluding tert-OH is 2. The molecule has 2 heterocycles. The van der Waals surface area contributed by atoms with Crippen molar-refractivity contribution in [3.05, 3.63) is 0 Å². The number of carbonyl (C=O) groups is 2. The van der Waals surface area contributed by atoms with Crippen LogP contribution in [0.15, 0.2) is 0 Å². The maximum absolute atomic E-state index is 9.85. The molecule has 0 aromatic heterocycles. The molecule has 0 aromatic carbocycles. The van der Waals surface area contributed by atoms with Gasteiger partial charge in [-0.2, -0.15) is 0 Å². The van der Waals surface area contributed by atoms with Gasteiger partial charge in [0.15, 0.2) is 12.2 Å². The first kappa shape index (κ1) is 16.8. The van der Waals surface area contributed by atoms with E-state index in [2.05, 4.69) is 9.47 Å². The number of rotatable bonds is 3. The summed E-state index contributed by atoms with van der Waals surface area (Å²) in [5.74, 6) is -1.71. The zero-order chi connectivity index (χ0) is 14.3. The van der Waals surface area contributed by atoms with E-state index in [1.165, 1.54) is 0 Å². The highest BCUT2D eigenvalue weighted by molar-refractivity contribution is 5.75. The molecule has 2 rings (SSSR count). The first-order valence-electron chi connectivity index (χ1n) is 5.33. The van der Waals surface area contributed by atoms with Crippen LogP contribution in [-0.4, -0.2) is 70.0 Å². The van der Waals surface area contributed by atoms with Gasteiger partial charge in [0.2, 0.25) is 0 Å². The minimum Gasteiger partial charge on any atom is -0.479 e. The fourth-order valence-electron chi connectivity index (χ4n) is 0.890. The van der Waals surface area contributed by atoms with Gasteiger partial charge in [-0.1, -0.05) is 0 Å². The minimum atomic E-state index is -0.854. The molecule has 4 N–H and O–H groups in total. The Kier molecular flexibility index (Phi) is 7.44. The molecule has 2 fully saturated rings. The van der Waals surface area contributed by atoms with Gasteiger partial charge in [0.1, 0.15) is 0 Å². The van der Waals surface area contributed by atoms with E-state index in [1.54, 1.807) is 13.8 Å². The van der Waals surface area contributed by atoms with E-state index in [9.17, 15) is 9.59 Å². The van der Waals surface area contributed by atoms with Gasteiger partial charge in [-0.05, 0) is 13.8 Å². The van der Waals surface area contributed by atoms with Gasteiger partial charge in [0.25, 0.3) is 0 Å². The number of carboxylic acid groups (broad SMARTS) is 2. The topological polar surface area (TPSA) is 140 Å². The van der Waals surface area contributed by atoms with Crippen molar-refractivity contribution in [1.82, 2.24) is 0 Å². The largest absolute Gasteiger partial charge is 0.479 e. The number of hydrogen-bond acceptors (Lipinski definition) is 6. The lowest BCUT2D eigenvalue weighted by Crippen LogP contribution is -2.05. The Hall–Kier alpha value is -1.22. The van der Waals surface area contributed by atoms with Gasteiger partial charge >= 0.3 is 11.9 Å². The van der Waals surface area contributed by atoms with Crippen molar-refractivity contribution in [2.24, 2.45) is 0 Å². The summed E-state index contributed by atoms with van der Waals surface area (Å²) in [6.07, 6.45) is -1.14. The summed E-state index contributed by atoms with van der Waals surface area (Å²) in [5, 5.41) is 31.4. The third-order valence-corrected chi connectivity index (χ3v) is 2.01. The molecule has 0 aromatic rings. The van der Waals surface area contributed by atoms with Crippen LogP contribution in [0.5, 0.6) is 0 Å². The number of aliphatic hydroxyl groups is 2. The zero-order valence-corrected chi connectivity index (χ0v) is 10.1. The fourth-order valence-corrected chi connectivity index (χ4v) is 0.890. The SMILES string of the molecule is CC1OC1C(=O)O.CC1OC1C(=O)O.OCCO. The molecule has 0 aliphatic carbocycles. The van der Waals surface area contributed by atoms with Crippen molar-refractivity contribution in [2.45, 2.75) is 38.3 Å². The van der Waals surface area contributed by atoms with Crippen molar-refractivity contribution >= 4 is 11.9 Å². The summed E-state index contributed by atoms with van der Waals surface area (Å²) in [6, 6.07) is 0. The van der Waals surface area contributed by atoms with Crippen molar-refractivity contribution in [2.75, 3.05) is 13.2 Å². The van der Waals surface area contributed by atoms with Crippen LogP contribution in [-0.2, 0) is 19.1 Å². The molecule has 4 atom stereocenters. The Morgan fingerprint density at radius 1 is 0.889 bits per heavy atom. The highest BCUT2D eigenvalue weighted by atomic mass is 16.6. The summed E-state index contributed by atoms with van der Waals surface area (Å²) in [5.41, 5.74) is 0. The molecule has 4 unspecified atom stereocenters. The number of ether oxygens (including phenoxy) is 2. The monoisotopic (exact) mass is 266 g/mol. The maximum Gasteiger partial charge on any atom is 0.335 e. The lowest BCUT2D eigenvalue weighted by Gasteiger charge is -1.74. The van der Waals surface area contributed by atoms with Crippen LogP contribution in [0.4, 0.5) is 0 Å². The van der Waals surface area contributed by atoms with Crippen LogP contribution in [0.3, 0.4) is 0 Å². The molecule has 2 saturated heterocycles. The van der Waals surface area contributed by atoms with E-state index in [-0.39, 0.29) is 25.4 Å². The number of aliphatic carboxylic acids is 2. The van der Waals surface area contributed by atoms with Gasteiger partial charge in [0, 0.05) is 0 Å². The minimum absolute atomic E-state index is 0.0579. The highest BCUT2D eigenvalue weighted by Crippen LogP contribution is 2.20. The van der Waals surface area contributed by atoms with Crippen molar-refractivity contribution < 1.29 is 39.5 Å². The predicted octanol–water partition coefficient (Wildman–Crippen LogP) is -1.31. The average Bonchev–Trinajstić information content (AvgIpc) is 3.18. The summed E-state index contributed by atoms with van der Waals surface area (Å²) < 4.78 is 9.16. The van der Waals surface area contributed by atoms with Crippen LogP contribution < -0.4 is 0 Å². The molecule has 8 heteroatoms. The Bertz CT molecular complexity index is 251. The molecule has 106 valence electrons. The number of hydrogen-bond donors (Lipinski definition) is 4. The molecule has 8 nitrogen and oxygen atoms in total. The second-order valence-electron chi connectivity index (χ2n) is 3.65. The molecular weight excluding hydrogens is 248 g/mol. The Labute approximate surface area is 104 Å². The Morgan fingerprint density at radius 2 is 1.11 bits per heavy atom. The van der Waals surface area contributed by atoms with E-state index in [0.29, 0.717) is 0 Å². The van der Waals surface area contributed by atoms with Crippen LogP contribution in [0, 0.1) is 0 Å². The van der Waals surface area contributed by atoms with Gasteiger partial charge in [0.05, 0.1) is 25.4 Å². The summed E-state index contributed by atoms with van der Waals surface area (Å²) in [6.45, 7) is 3.22. The lowest BCUT2D eigenvalue weighted by molar-refractivity contribution is -0.139. The molecule has 0 radical (unpaired) electrons. The summed E-state index contributed by atoms with van der Waals surface area (Å²) >= 11 is 0. The molecule has 2 aliphatic rings. The molecule has 0 saturated carbocycles. The quantitative estimate of drug-likeness (QED) is 0.461. The second kappa shape index (κ2) is 7.98. The normalized spacial score (nSPS) is 31.1. The smallest absolute Gasteiger partial charge is 0.335 e. The third kappa shape index (κ3) is 7.17. The van der Waals surface area contributed by atoms with Crippen molar-refractivity contribution in [1.29, 1.82) is 0 Å².